The molecule has 0 amide bonds. The number of carbonyl (C=O) groups excluding carboxylic acids is 1. The maximum Gasteiger partial charge on any atom is 0.172 e. The molecule has 0 aliphatic carbocycles. The molecule has 0 heterocycles. The van der Waals surface area contributed by atoms with Crippen LogP contribution in [0.5, 0.6) is 11.5 Å². The predicted molar refractivity (Wildman–Crippen MR) is 74.2 cm³/mol. The Bertz CT molecular complexity index is 581. The van der Waals surface area contributed by atoms with Crippen LogP contribution in [0.1, 0.15) is 15.9 Å². The minimum absolute atomic E-state index is 0.321. The van der Waals surface area contributed by atoms with Crippen LogP contribution in [0, 0.1) is 0 Å². The topological polar surface area (TPSA) is 35.5 Å². The Kier molecular flexibility index (Phi) is 4.42. The fourth-order valence-corrected chi connectivity index (χ4v) is 1.94. The third-order valence-electron chi connectivity index (χ3n) is 2.63. The van der Waals surface area contributed by atoms with E-state index in [4.69, 9.17) is 21.1 Å². The van der Waals surface area contributed by atoms with Crippen LogP contribution in [-0.2, 0) is 6.61 Å². The molecule has 2 aromatic carbocycles. The highest BCUT2D eigenvalue weighted by Gasteiger charge is 2.10. The number of para-hydroxylation sites is 1. The van der Waals surface area contributed by atoms with Crippen molar-refractivity contribution in [1.29, 1.82) is 0 Å². The molecule has 0 fully saturated rings. The zero-order chi connectivity index (χ0) is 13.7. The SMILES string of the molecule is COc1cccc(C=O)c1OCc1cccc(Cl)c1. The largest absolute Gasteiger partial charge is 0.493 e. The summed E-state index contributed by atoms with van der Waals surface area (Å²) in [4.78, 5) is 11.0. The number of carbonyl (C=O) groups is 1. The zero-order valence-electron chi connectivity index (χ0n) is 10.4. The van der Waals surface area contributed by atoms with Gasteiger partial charge in [-0.3, -0.25) is 4.79 Å². The monoisotopic (exact) mass is 276 g/mol. The van der Waals surface area contributed by atoms with Gasteiger partial charge < -0.3 is 9.47 Å². The van der Waals surface area contributed by atoms with Gasteiger partial charge in [0.2, 0.25) is 0 Å². The number of hydrogen-bond donors (Lipinski definition) is 0. The Morgan fingerprint density at radius 2 is 2.00 bits per heavy atom. The second-order valence-corrected chi connectivity index (χ2v) is 4.35. The molecule has 0 aliphatic heterocycles. The van der Waals surface area contributed by atoms with E-state index in [0.29, 0.717) is 28.7 Å². The lowest BCUT2D eigenvalue weighted by Crippen LogP contribution is -2.00. The van der Waals surface area contributed by atoms with Crippen LogP contribution in [0.3, 0.4) is 0 Å². The molecular weight excluding hydrogens is 264 g/mol. The van der Waals surface area contributed by atoms with Crippen molar-refractivity contribution in [2.45, 2.75) is 6.61 Å². The van der Waals surface area contributed by atoms with Gasteiger partial charge in [-0.05, 0) is 29.8 Å². The minimum atomic E-state index is 0.321. The lowest BCUT2D eigenvalue weighted by atomic mass is 10.2. The summed E-state index contributed by atoms with van der Waals surface area (Å²) in [7, 11) is 1.54. The van der Waals surface area contributed by atoms with Crippen LogP contribution < -0.4 is 9.47 Å². The summed E-state index contributed by atoms with van der Waals surface area (Å²) in [5.74, 6) is 0.978. The smallest absolute Gasteiger partial charge is 0.172 e. The molecule has 2 rings (SSSR count). The number of ether oxygens (including phenoxy) is 2. The Labute approximate surface area is 116 Å². The van der Waals surface area contributed by atoms with Crippen molar-refractivity contribution in [2.24, 2.45) is 0 Å². The highest BCUT2D eigenvalue weighted by atomic mass is 35.5. The molecule has 0 bridgehead atoms. The lowest BCUT2D eigenvalue weighted by molar-refractivity contribution is 0.111. The summed E-state index contributed by atoms with van der Waals surface area (Å²) in [6.07, 6.45) is 0.746. The molecule has 0 unspecified atom stereocenters. The molecule has 19 heavy (non-hydrogen) atoms. The van der Waals surface area contributed by atoms with Crippen molar-refractivity contribution in [3.8, 4) is 11.5 Å². The standard InChI is InChI=1S/C15H13ClO3/c1-18-14-7-3-5-12(9-17)15(14)19-10-11-4-2-6-13(16)8-11/h2-9H,10H2,1H3. The Morgan fingerprint density at radius 3 is 2.68 bits per heavy atom. The summed E-state index contributed by atoms with van der Waals surface area (Å²) in [5.41, 5.74) is 1.39. The van der Waals surface area contributed by atoms with E-state index in [0.717, 1.165) is 11.8 Å². The summed E-state index contributed by atoms with van der Waals surface area (Å²) in [5, 5.41) is 0.650. The molecule has 0 aliphatic rings. The van der Waals surface area contributed by atoms with Crippen molar-refractivity contribution < 1.29 is 14.3 Å². The first kappa shape index (κ1) is 13.4. The van der Waals surface area contributed by atoms with Gasteiger partial charge in [-0.1, -0.05) is 29.8 Å². The molecule has 4 heteroatoms. The predicted octanol–water partition coefficient (Wildman–Crippen LogP) is 3.74. The van der Waals surface area contributed by atoms with Crippen molar-refractivity contribution in [2.75, 3.05) is 7.11 Å². The Morgan fingerprint density at radius 1 is 1.21 bits per heavy atom. The summed E-state index contributed by atoms with van der Waals surface area (Å²) in [6.45, 7) is 0.321. The lowest BCUT2D eigenvalue weighted by Gasteiger charge is -2.12. The Balaban J connectivity index is 2.21. The van der Waals surface area contributed by atoms with Gasteiger partial charge >= 0.3 is 0 Å². The molecular formula is C15H13ClO3. The van der Waals surface area contributed by atoms with Gasteiger partial charge in [0.25, 0.3) is 0 Å². The second kappa shape index (κ2) is 6.25. The highest BCUT2D eigenvalue weighted by Crippen LogP contribution is 2.30. The Hall–Kier alpha value is -2.00. The first-order chi connectivity index (χ1) is 9.24. The molecule has 0 aromatic heterocycles. The summed E-state index contributed by atoms with van der Waals surface area (Å²) >= 11 is 5.91. The van der Waals surface area contributed by atoms with E-state index in [1.165, 1.54) is 7.11 Å². The number of methoxy groups -OCH3 is 1. The fourth-order valence-electron chi connectivity index (χ4n) is 1.72. The minimum Gasteiger partial charge on any atom is -0.493 e. The molecule has 0 spiro atoms. The quantitative estimate of drug-likeness (QED) is 0.781. The molecule has 0 saturated carbocycles. The fraction of sp³-hybridized carbons (Fsp3) is 0.133. The van der Waals surface area contributed by atoms with Crippen molar-refractivity contribution in [3.05, 3.63) is 58.6 Å². The van der Waals surface area contributed by atoms with E-state index in [9.17, 15) is 4.79 Å². The van der Waals surface area contributed by atoms with Gasteiger partial charge in [-0.2, -0.15) is 0 Å². The van der Waals surface area contributed by atoms with Gasteiger partial charge in [0.15, 0.2) is 17.8 Å². The van der Waals surface area contributed by atoms with Crippen LogP contribution in [0.25, 0.3) is 0 Å². The molecule has 0 atom stereocenters. The van der Waals surface area contributed by atoms with E-state index in [1.807, 2.05) is 18.2 Å². The number of rotatable bonds is 5. The second-order valence-electron chi connectivity index (χ2n) is 3.92. The first-order valence-electron chi connectivity index (χ1n) is 5.74. The van der Waals surface area contributed by atoms with Crippen LogP contribution in [0.4, 0.5) is 0 Å². The van der Waals surface area contributed by atoms with Crippen molar-refractivity contribution in [3.63, 3.8) is 0 Å². The van der Waals surface area contributed by atoms with Crippen LogP contribution in [0.15, 0.2) is 42.5 Å². The van der Waals surface area contributed by atoms with Gasteiger partial charge in [-0.15, -0.1) is 0 Å². The van der Waals surface area contributed by atoms with E-state index in [-0.39, 0.29) is 0 Å². The number of aldehydes is 1. The molecule has 98 valence electrons. The molecule has 2 aromatic rings. The maximum absolute atomic E-state index is 11.0. The third kappa shape index (κ3) is 3.26. The molecule has 0 N–H and O–H groups in total. The van der Waals surface area contributed by atoms with E-state index < -0.39 is 0 Å². The zero-order valence-corrected chi connectivity index (χ0v) is 11.2. The van der Waals surface area contributed by atoms with Crippen LogP contribution in [0.2, 0.25) is 5.02 Å². The van der Waals surface area contributed by atoms with Crippen molar-refractivity contribution >= 4 is 17.9 Å². The third-order valence-corrected chi connectivity index (χ3v) is 2.86. The maximum atomic E-state index is 11.0. The van der Waals surface area contributed by atoms with Crippen molar-refractivity contribution in [1.82, 2.24) is 0 Å². The van der Waals surface area contributed by atoms with E-state index >= 15 is 0 Å². The van der Waals surface area contributed by atoms with E-state index in [1.54, 1.807) is 24.3 Å². The van der Waals surface area contributed by atoms with Gasteiger partial charge in [0, 0.05) is 5.02 Å². The molecule has 3 nitrogen and oxygen atoms in total. The molecule has 0 radical (unpaired) electrons. The number of hydrogen-bond acceptors (Lipinski definition) is 3. The average Bonchev–Trinajstić information content (AvgIpc) is 2.44. The van der Waals surface area contributed by atoms with Gasteiger partial charge in [0.05, 0.1) is 12.7 Å². The van der Waals surface area contributed by atoms with E-state index in [2.05, 4.69) is 0 Å². The van der Waals surface area contributed by atoms with Gasteiger partial charge in [0.1, 0.15) is 6.61 Å². The number of halogens is 1. The summed E-state index contributed by atoms with van der Waals surface area (Å²) < 4.78 is 10.9. The molecule has 0 saturated heterocycles. The average molecular weight is 277 g/mol. The van der Waals surface area contributed by atoms with Gasteiger partial charge in [-0.25, -0.2) is 0 Å². The first-order valence-corrected chi connectivity index (χ1v) is 6.12. The van der Waals surface area contributed by atoms with Crippen LogP contribution >= 0.6 is 11.6 Å². The normalized spacial score (nSPS) is 10.0. The highest BCUT2D eigenvalue weighted by molar-refractivity contribution is 6.30. The van der Waals surface area contributed by atoms with Crippen LogP contribution in [-0.4, -0.2) is 13.4 Å². The number of benzene rings is 2. The summed E-state index contributed by atoms with van der Waals surface area (Å²) in [6, 6.07) is 12.5.